The molecule has 0 radical (unpaired) electrons. The van der Waals surface area contributed by atoms with Crippen LogP contribution >= 0.6 is 0 Å². The first-order chi connectivity index (χ1) is 8.16. The molecule has 4 heteroatoms. The highest BCUT2D eigenvalue weighted by Crippen LogP contribution is 2.13. The van der Waals surface area contributed by atoms with Crippen LogP contribution in [-0.4, -0.2) is 16.1 Å². The Morgan fingerprint density at radius 1 is 1.35 bits per heavy atom. The van der Waals surface area contributed by atoms with Crippen molar-refractivity contribution in [1.82, 2.24) is 4.98 Å². The van der Waals surface area contributed by atoms with Gasteiger partial charge >= 0.3 is 5.97 Å². The van der Waals surface area contributed by atoms with Crippen molar-refractivity contribution in [2.75, 3.05) is 0 Å². The summed E-state index contributed by atoms with van der Waals surface area (Å²) in [5.74, 6) is 0.811. The van der Waals surface area contributed by atoms with E-state index in [0.29, 0.717) is 18.4 Å². The number of aromatic carboxylic acids is 1. The second kappa shape index (κ2) is 4.82. The van der Waals surface area contributed by atoms with Gasteiger partial charge in [-0.1, -0.05) is 0 Å². The first-order valence-electron chi connectivity index (χ1n) is 5.38. The van der Waals surface area contributed by atoms with Crippen LogP contribution in [0, 0.1) is 6.92 Å². The van der Waals surface area contributed by atoms with Crippen LogP contribution in [0.3, 0.4) is 0 Å². The molecule has 2 rings (SSSR count). The number of furan rings is 1. The number of carboxylic acids is 1. The van der Waals surface area contributed by atoms with Gasteiger partial charge in [-0.25, -0.2) is 4.79 Å². The molecule has 0 aromatic carbocycles. The molecule has 0 saturated heterocycles. The van der Waals surface area contributed by atoms with Gasteiger partial charge in [0.15, 0.2) is 0 Å². The number of hydrogen-bond acceptors (Lipinski definition) is 3. The third-order valence-corrected chi connectivity index (χ3v) is 2.57. The number of carboxylic acid groups (broad SMARTS) is 1. The number of pyridine rings is 1. The minimum atomic E-state index is -0.918. The van der Waals surface area contributed by atoms with Crippen LogP contribution in [0.15, 0.2) is 35.0 Å². The van der Waals surface area contributed by atoms with Crippen LogP contribution in [0.2, 0.25) is 0 Å². The van der Waals surface area contributed by atoms with Crippen molar-refractivity contribution in [3.63, 3.8) is 0 Å². The summed E-state index contributed by atoms with van der Waals surface area (Å²) in [5.41, 5.74) is 1.04. The van der Waals surface area contributed by atoms with Crippen molar-refractivity contribution in [1.29, 1.82) is 0 Å². The van der Waals surface area contributed by atoms with Crippen LogP contribution < -0.4 is 0 Å². The summed E-state index contributed by atoms with van der Waals surface area (Å²) in [6.45, 7) is 1.89. The van der Waals surface area contributed by atoms with E-state index in [0.717, 1.165) is 17.1 Å². The summed E-state index contributed by atoms with van der Waals surface area (Å²) >= 11 is 0. The average molecular weight is 231 g/mol. The highest BCUT2D eigenvalue weighted by atomic mass is 16.4. The van der Waals surface area contributed by atoms with Gasteiger partial charge in [-0.3, -0.25) is 4.98 Å². The number of aryl methyl sites for hydroxylation is 3. The third kappa shape index (κ3) is 2.72. The number of nitrogens with zero attached hydrogens (tertiary/aromatic N) is 1. The van der Waals surface area contributed by atoms with E-state index >= 15 is 0 Å². The largest absolute Gasteiger partial charge is 0.478 e. The summed E-state index contributed by atoms with van der Waals surface area (Å²) in [7, 11) is 0. The van der Waals surface area contributed by atoms with Gasteiger partial charge in [-0.15, -0.1) is 0 Å². The van der Waals surface area contributed by atoms with Crippen LogP contribution in [0.25, 0.3) is 0 Å². The molecule has 0 atom stereocenters. The van der Waals surface area contributed by atoms with Gasteiger partial charge in [-0.2, -0.15) is 0 Å². The van der Waals surface area contributed by atoms with Gasteiger partial charge in [0, 0.05) is 18.8 Å². The van der Waals surface area contributed by atoms with Crippen LogP contribution in [-0.2, 0) is 12.8 Å². The van der Waals surface area contributed by atoms with E-state index in [4.69, 9.17) is 9.52 Å². The molecule has 0 aliphatic heterocycles. The second-order valence-corrected chi connectivity index (χ2v) is 3.85. The maximum absolute atomic E-state index is 11.0. The fourth-order valence-corrected chi connectivity index (χ4v) is 1.71. The summed E-state index contributed by atoms with van der Waals surface area (Å²) < 4.78 is 5.44. The van der Waals surface area contributed by atoms with Crippen molar-refractivity contribution in [3.05, 3.63) is 53.2 Å². The second-order valence-electron chi connectivity index (χ2n) is 3.85. The predicted molar refractivity (Wildman–Crippen MR) is 62.0 cm³/mol. The third-order valence-electron chi connectivity index (χ3n) is 2.57. The number of rotatable bonds is 4. The molecule has 0 aliphatic carbocycles. The lowest BCUT2D eigenvalue weighted by Crippen LogP contribution is -2.04. The minimum Gasteiger partial charge on any atom is -0.478 e. The van der Waals surface area contributed by atoms with Crippen molar-refractivity contribution >= 4 is 5.97 Å². The van der Waals surface area contributed by atoms with E-state index in [1.807, 2.05) is 19.1 Å². The van der Waals surface area contributed by atoms with Gasteiger partial charge < -0.3 is 9.52 Å². The van der Waals surface area contributed by atoms with E-state index in [9.17, 15) is 4.79 Å². The molecule has 0 bridgehead atoms. The van der Waals surface area contributed by atoms with E-state index < -0.39 is 5.97 Å². The number of hydrogen-bond donors (Lipinski definition) is 1. The van der Waals surface area contributed by atoms with Gasteiger partial charge in [0.2, 0.25) is 0 Å². The first kappa shape index (κ1) is 11.4. The molecule has 0 spiro atoms. The Hall–Kier alpha value is -2.10. The van der Waals surface area contributed by atoms with Gasteiger partial charge in [0.05, 0.1) is 5.56 Å². The Morgan fingerprint density at radius 3 is 2.82 bits per heavy atom. The zero-order chi connectivity index (χ0) is 12.3. The molecule has 2 aromatic rings. The monoisotopic (exact) mass is 231 g/mol. The molecule has 0 unspecified atom stereocenters. The Morgan fingerprint density at radius 2 is 2.18 bits per heavy atom. The Balaban J connectivity index is 2.11. The predicted octanol–water partition coefficient (Wildman–Crippen LogP) is 2.47. The zero-order valence-corrected chi connectivity index (χ0v) is 9.51. The van der Waals surface area contributed by atoms with Crippen molar-refractivity contribution in [2.24, 2.45) is 0 Å². The minimum absolute atomic E-state index is 0.309. The Kier molecular flexibility index (Phi) is 3.23. The highest BCUT2D eigenvalue weighted by molar-refractivity contribution is 5.89. The molecular formula is C13H13NO3. The molecule has 2 aromatic heterocycles. The quantitative estimate of drug-likeness (QED) is 0.877. The molecule has 1 N–H and O–H groups in total. The first-order valence-corrected chi connectivity index (χ1v) is 5.38. The lowest BCUT2D eigenvalue weighted by molar-refractivity contribution is 0.0695. The van der Waals surface area contributed by atoms with Crippen LogP contribution in [0.4, 0.5) is 0 Å². The zero-order valence-electron chi connectivity index (χ0n) is 9.51. The topological polar surface area (TPSA) is 63.3 Å². The standard InChI is InChI=1S/C13H13NO3/c1-9-2-4-11(17-9)5-3-10-8-14-7-6-12(10)13(15)16/h2,4,6-8H,3,5H2,1H3,(H,15,16). The maximum atomic E-state index is 11.0. The van der Waals surface area contributed by atoms with E-state index in [-0.39, 0.29) is 0 Å². The summed E-state index contributed by atoms with van der Waals surface area (Å²) in [6.07, 6.45) is 4.38. The van der Waals surface area contributed by atoms with Gasteiger partial charge in [0.25, 0.3) is 0 Å². The highest BCUT2D eigenvalue weighted by Gasteiger charge is 2.10. The van der Waals surface area contributed by atoms with E-state index in [1.54, 1.807) is 6.20 Å². The van der Waals surface area contributed by atoms with E-state index in [1.165, 1.54) is 12.3 Å². The Bertz CT molecular complexity index is 531. The Labute approximate surface area is 98.9 Å². The number of aromatic nitrogens is 1. The smallest absolute Gasteiger partial charge is 0.336 e. The van der Waals surface area contributed by atoms with Crippen molar-refractivity contribution in [2.45, 2.75) is 19.8 Å². The number of carbonyl (C=O) groups is 1. The van der Waals surface area contributed by atoms with Gasteiger partial charge in [-0.05, 0) is 37.1 Å². The fraction of sp³-hybridized carbons (Fsp3) is 0.231. The van der Waals surface area contributed by atoms with Gasteiger partial charge in [0.1, 0.15) is 11.5 Å². The molecule has 2 heterocycles. The molecule has 0 amide bonds. The van der Waals surface area contributed by atoms with Crippen LogP contribution in [0.1, 0.15) is 27.4 Å². The summed E-state index contributed by atoms with van der Waals surface area (Å²) in [4.78, 5) is 14.9. The fourth-order valence-electron chi connectivity index (χ4n) is 1.71. The molecular weight excluding hydrogens is 218 g/mol. The summed E-state index contributed by atoms with van der Waals surface area (Å²) in [6, 6.07) is 5.33. The maximum Gasteiger partial charge on any atom is 0.336 e. The SMILES string of the molecule is Cc1ccc(CCc2cnccc2C(=O)O)o1. The molecule has 0 aliphatic rings. The van der Waals surface area contributed by atoms with Crippen molar-refractivity contribution in [3.8, 4) is 0 Å². The van der Waals surface area contributed by atoms with E-state index in [2.05, 4.69) is 4.98 Å². The average Bonchev–Trinajstić information content (AvgIpc) is 2.73. The molecule has 0 fully saturated rings. The lowest BCUT2D eigenvalue weighted by atomic mass is 10.1. The van der Waals surface area contributed by atoms with Crippen LogP contribution in [0.5, 0.6) is 0 Å². The molecule has 0 saturated carbocycles. The van der Waals surface area contributed by atoms with Crippen molar-refractivity contribution < 1.29 is 14.3 Å². The summed E-state index contributed by atoms with van der Waals surface area (Å²) in [5, 5.41) is 9.02. The normalized spacial score (nSPS) is 10.4. The molecule has 17 heavy (non-hydrogen) atoms. The lowest BCUT2D eigenvalue weighted by Gasteiger charge is -2.03. The molecule has 88 valence electrons. The molecule has 4 nitrogen and oxygen atoms in total.